The van der Waals surface area contributed by atoms with Gasteiger partial charge in [-0.15, -0.1) is 0 Å². The van der Waals surface area contributed by atoms with Crippen molar-refractivity contribution in [3.8, 4) is 0 Å². The first kappa shape index (κ1) is 16.5. The molecule has 20 heavy (non-hydrogen) atoms. The number of hydrogen-bond donors (Lipinski definition) is 1. The third kappa shape index (κ3) is 3.87. The molecule has 0 aliphatic heterocycles. The maximum absolute atomic E-state index is 11.7. The molecule has 0 aromatic heterocycles. The van der Waals surface area contributed by atoms with E-state index in [1.54, 1.807) is 0 Å². The third-order valence-electron chi connectivity index (χ3n) is 4.10. The van der Waals surface area contributed by atoms with Gasteiger partial charge in [0.2, 0.25) is 0 Å². The standard InChI is InChI=1S/C14H19ClINO2S/c1-20(18,19)11-4-2-3-9(7-11)14(17)12-8-10(15)5-6-13(12)16/h5-6,8-9,11,14H,2-4,7,17H2,1H3. The van der Waals surface area contributed by atoms with Gasteiger partial charge in [0.1, 0.15) is 9.84 Å². The first-order valence-electron chi connectivity index (χ1n) is 6.68. The summed E-state index contributed by atoms with van der Waals surface area (Å²) in [5.41, 5.74) is 7.41. The van der Waals surface area contributed by atoms with Crippen molar-refractivity contribution in [3.05, 3.63) is 32.4 Å². The molecule has 3 atom stereocenters. The molecule has 3 nitrogen and oxygen atoms in total. The average molecular weight is 428 g/mol. The van der Waals surface area contributed by atoms with Gasteiger partial charge in [-0.05, 0) is 71.5 Å². The Hall–Kier alpha value is 0.150. The smallest absolute Gasteiger partial charge is 0.150 e. The van der Waals surface area contributed by atoms with Crippen molar-refractivity contribution >= 4 is 44.0 Å². The highest BCUT2D eigenvalue weighted by atomic mass is 127. The van der Waals surface area contributed by atoms with Crippen LogP contribution in [0, 0.1) is 9.49 Å². The minimum absolute atomic E-state index is 0.148. The molecule has 0 bridgehead atoms. The van der Waals surface area contributed by atoms with Crippen molar-refractivity contribution in [1.29, 1.82) is 0 Å². The van der Waals surface area contributed by atoms with Crippen LogP contribution in [0.25, 0.3) is 0 Å². The predicted molar refractivity (Wildman–Crippen MR) is 91.7 cm³/mol. The van der Waals surface area contributed by atoms with Gasteiger partial charge in [-0.25, -0.2) is 8.42 Å². The van der Waals surface area contributed by atoms with Crippen LogP contribution in [-0.2, 0) is 9.84 Å². The van der Waals surface area contributed by atoms with Gasteiger partial charge >= 0.3 is 0 Å². The molecule has 1 aliphatic carbocycles. The molecule has 3 unspecified atom stereocenters. The van der Waals surface area contributed by atoms with E-state index in [9.17, 15) is 8.42 Å². The quantitative estimate of drug-likeness (QED) is 0.751. The first-order chi connectivity index (χ1) is 9.29. The molecule has 0 amide bonds. The summed E-state index contributed by atoms with van der Waals surface area (Å²) in [6.07, 6.45) is 4.65. The second-order valence-corrected chi connectivity index (χ2v) is 9.49. The number of rotatable bonds is 3. The van der Waals surface area contributed by atoms with Crippen LogP contribution in [-0.4, -0.2) is 19.9 Å². The molecule has 1 aromatic carbocycles. The highest BCUT2D eigenvalue weighted by molar-refractivity contribution is 14.1. The molecule has 0 spiro atoms. The van der Waals surface area contributed by atoms with Gasteiger partial charge in [-0.2, -0.15) is 0 Å². The summed E-state index contributed by atoms with van der Waals surface area (Å²) >= 11 is 8.30. The summed E-state index contributed by atoms with van der Waals surface area (Å²) in [4.78, 5) is 0. The molecule has 0 heterocycles. The van der Waals surface area contributed by atoms with E-state index in [1.165, 1.54) is 6.26 Å². The van der Waals surface area contributed by atoms with Crippen LogP contribution in [0.2, 0.25) is 5.02 Å². The average Bonchev–Trinajstić information content (AvgIpc) is 2.40. The molecule has 1 fully saturated rings. The monoisotopic (exact) mass is 427 g/mol. The molecule has 1 aliphatic rings. The van der Waals surface area contributed by atoms with E-state index in [4.69, 9.17) is 17.3 Å². The second-order valence-electron chi connectivity index (χ2n) is 5.57. The maximum Gasteiger partial charge on any atom is 0.150 e. The number of halogens is 2. The molecule has 1 aromatic rings. The van der Waals surface area contributed by atoms with E-state index in [1.807, 2.05) is 18.2 Å². The normalized spacial score (nSPS) is 25.4. The van der Waals surface area contributed by atoms with E-state index in [2.05, 4.69) is 22.6 Å². The van der Waals surface area contributed by atoms with E-state index < -0.39 is 9.84 Å². The Morgan fingerprint density at radius 1 is 1.40 bits per heavy atom. The zero-order chi connectivity index (χ0) is 14.9. The van der Waals surface area contributed by atoms with Gasteiger partial charge in [-0.3, -0.25) is 0 Å². The molecule has 0 radical (unpaired) electrons. The maximum atomic E-state index is 11.7. The van der Waals surface area contributed by atoms with Gasteiger partial charge in [0.25, 0.3) is 0 Å². The minimum Gasteiger partial charge on any atom is -0.324 e. The molecule has 1 saturated carbocycles. The largest absolute Gasteiger partial charge is 0.324 e. The van der Waals surface area contributed by atoms with E-state index in [0.29, 0.717) is 11.4 Å². The lowest BCUT2D eigenvalue weighted by molar-refractivity contribution is 0.308. The second kappa shape index (κ2) is 6.50. The Labute approximate surface area is 139 Å². The summed E-state index contributed by atoms with van der Waals surface area (Å²) in [6, 6.07) is 5.55. The predicted octanol–water partition coefficient (Wildman–Crippen LogP) is 3.55. The Bertz CT molecular complexity index is 591. The Balaban J connectivity index is 2.20. The fourth-order valence-electron chi connectivity index (χ4n) is 2.92. The lowest BCUT2D eigenvalue weighted by Crippen LogP contribution is -2.33. The number of nitrogens with two attached hydrogens (primary N) is 1. The number of benzene rings is 1. The van der Waals surface area contributed by atoms with Crippen molar-refractivity contribution in [2.75, 3.05) is 6.26 Å². The van der Waals surface area contributed by atoms with Crippen LogP contribution in [0.4, 0.5) is 0 Å². The van der Waals surface area contributed by atoms with Crippen LogP contribution in [0.5, 0.6) is 0 Å². The highest BCUT2D eigenvalue weighted by Gasteiger charge is 2.32. The third-order valence-corrected chi connectivity index (χ3v) is 6.95. The lowest BCUT2D eigenvalue weighted by Gasteiger charge is -2.32. The van der Waals surface area contributed by atoms with E-state index in [0.717, 1.165) is 28.4 Å². The molecule has 2 rings (SSSR count). The fourth-order valence-corrected chi connectivity index (χ4v) is 4.99. The Morgan fingerprint density at radius 3 is 2.75 bits per heavy atom. The molecule has 6 heteroatoms. The van der Waals surface area contributed by atoms with Crippen molar-refractivity contribution in [2.45, 2.75) is 37.0 Å². The SMILES string of the molecule is CS(=O)(=O)C1CCCC(C(N)c2cc(Cl)ccc2I)C1. The van der Waals surface area contributed by atoms with Crippen LogP contribution in [0.3, 0.4) is 0 Å². The molecule has 112 valence electrons. The van der Waals surface area contributed by atoms with Gasteiger partial charge in [0.15, 0.2) is 0 Å². The first-order valence-corrected chi connectivity index (χ1v) is 10.1. The molecule has 0 saturated heterocycles. The van der Waals surface area contributed by atoms with Crippen LogP contribution >= 0.6 is 34.2 Å². The lowest BCUT2D eigenvalue weighted by atomic mass is 9.81. The Morgan fingerprint density at radius 2 is 2.10 bits per heavy atom. The minimum atomic E-state index is -2.98. The number of sulfone groups is 1. The number of hydrogen-bond acceptors (Lipinski definition) is 3. The van der Waals surface area contributed by atoms with Crippen molar-refractivity contribution in [2.24, 2.45) is 11.7 Å². The van der Waals surface area contributed by atoms with Crippen LogP contribution in [0.1, 0.15) is 37.3 Å². The molecular formula is C14H19ClINO2S. The summed E-state index contributed by atoms with van der Waals surface area (Å²) in [5.74, 6) is 0.204. The van der Waals surface area contributed by atoms with Gasteiger partial charge in [0, 0.05) is 20.9 Å². The van der Waals surface area contributed by atoms with Crippen molar-refractivity contribution in [3.63, 3.8) is 0 Å². The fraction of sp³-hybridized carbons (Fsp3) is 0.571. The highest BCUT2D eigenvalue weighted by Crippen LogP contribution is 2.37. The van der Waals surface area contributed by atoms with Crippen LogP contribution < -0.4 is 5.73 Å². The molecular weight excluding hydrogens is 409 g/mol. The molecule has 2 N–H and O–H groups in total. The summed E-state index contributed by atoms with van der Waals surface area (Å²) in [6.45, 7) is 0. The van der Waals surface area contributed by atoms with Crippen molar-refractivity contribution in [1.82, 2.24) is 0 Å². The summed E-state index contributed by atoms with van der Waals surface area (Å²) in [7, 11) is -2.98. The van der Waals surface area contributed by atoms with E-state index >= 15 is 0 Å². The summed E-state index contributed by atoms with van der Waals surface area (Å²) in [5, 5.41) is 0.426. The van der Waals surface area contributed by atoms with Crippen molar-refractivity contribution < 1.29 is 8.42 Å². The topological polar surface area (TPSA) is 60.2 Å². The van der Waals surface area contributed by atoms with E-state index in [-0.39, 0.29) is 17.2 Å². The van der Waals surface area contributed by atoms with Gasteiger partial charge < -0.3 is 5.73 Å². The Kier molecular flexibility index (Phi) is 5.37. The zero-order valence-corrected chi connectivity index (χ0v) is 15.1. The summed E-state index contributed by atoms with van der Waals surface area (Å²) < 4.78 is 24.6. The van der Waals surface area contributed by atoms with Gasteiger partial charge in [-0.1, -0.05) is 18.0 Å². The van der Waals surface area contributed by atoms with Gasteiger partial charge in [0.05, 0.1) is 5.25 Å². The van der Waals surface area contributed by atoms with Crippen LogP contribution in [0.15, 0.2) is 18.2 Å². The zero-order valence-electron chi connectivity index (χ0n) is 11.4.